The second-order valence-corrected chi connectivity index (χ2v) is 5.79. The second kappa shape index (κ2) is 8.59. The van der Waals surface area contributed by atoms with E-state index in [0.29, 0.717) is 22.9 Å². The van der Waals surface area contributed by atoms with E-state index in [1.54, 1.807) is 48.5 Å². The average molecular weight is 379 g/mol. The van der Waals surface area contributed by atoms with Crippen LogP contribution in [0.25, 0.3) is 0 Å². The van der Waals surface area contributed by atoms with Crippen LogP contribution in [0, 0.1) is 0 Å². The van der Waals surface area contributed by atoms with Gasteiger partial charge < -0.3 is 25.0 Å². The zero-order chi connectivity index (χ0) is 19.9. The highest BCUT2D eigenvalue weighted by molar-refractivity contribution is 6.01. The van der Waals surface area contributed by atoms with Crippen molar-refractivity contribution in [3.8, 4) is 28.7 Å². The van der Waals surface area contributed by atoms with Gasteiger partial charge in [-0.05, 0) is 48.5 Å². The Balaban J connectivity index is 1.67. The maximum Gasteiger partial charge on any atom is 0.312 e. The standard InChI is InChI=1S/C21H17NO6/c23-18-11-10-17(12-19(18)28-15-4-2-1-3-5-15)27-16-8-6-14(7-9-16)22-20(24)13-21(25)26/h1-12,23H,13H2,(H,22,24)(H,25,26). The Kier molecular flexibility index (Phi) is 5.76. The lowest BCUT2D eigenvalue weighted by Gasteiger charge is -2.11. The van der Waals surface area contributed by atoms with Crippen molar-refractivity contribution in [2.45, 2.75) is 6.42 Å². The molecule has 1 amide bonds. The van der Waals surface area contributed by atoms with Crippen LogP contribution in [0.2, 0.25) is 0 Å². The minimum Gasteiger partial charge on any atom is -0.504 e. The van der Waals surface area contributed by atoms with Gasteiger partial charge >= 0.3 is 5.97 Å². The summed E-state index contributed by atoms with van der Waals surface area (Å²) >= 11 is 0. The maximum atomic E-state index is 11.5. The van der Waals surface area contributed by atoms with Crippen molar-refractivity contribution in [2.75, 3.05) is 5.32 Å². The smallest absolute Gasteiger partial charge is 0.312 e. The Hall–Kier alpha value is -4.00. The Bertz CT molecular complexity index is 970. The number of ether oxygens (including phenoxy) is 2. The molecular formula is C21H17NO6. The summed E-state index contributed by atoms with van der Waals surface area (Å²) in [6.07, 6.45) is -0.601. The number of phenols is 1. The van der Waals surface area contributed by atoms with Crippen LogP contribution in [0.5, 0.6) is 28.7 Å². The minimum absolute atomic E-state index is 0.0207. The summed E-state index contributed by atoms with van der Waals surface area (Å²) in [6, 6.07) is 20.1. The lowest BCUT2D eigenvalue weighted by Crippen LogP contribution is -2.15. The third-order valence-electron chi connectivity index (χ3n) is 3.59. The van der Waals surface area contributed by atoms with Crippen LogP contribution < -0.4 is 14.8 Å². The van der Waals surface area contributed by atoms with Crippen molar-refractivity contribution in [1.29, 1.82) is 0 Å². The van der Waals surface area contributed by atoms with Crippen molar-refractivity contribution in [3.63, 3.8) is 0 Å². The minimum atomic E-state index is -1.20. The molecule has 7 nitrogen and oxygen atoms in total. The van der Waals surface area contributed by atoms with E-state index in [1.165, 1.54) is 6.07 Å². The first-order valence-electron chi connectivity index (χ1n) is 8.35. The van der Waals surface area contributed by atoms with Gasteiger partial charge in [-0.1, -0.05) is 18.2 Å². The van der Waals surface area contributed by atoms with E-state index in [-0.39, 0.29) is 11.5 Å². The van der Waals surface area contributed by atoms with Gasteiger partial charge in [0.1, 0.15) is 23.7 Å². The number of aromatic hydroxyl groups is 1. The molecule has 0 aliphatic rings. The number of nitrogens with one attached hydrogen (secondary N) is 1. The molecule has 3 aromatic rings. The van der Waals surface area contributed by atoms with E-state index in [0.717, 1.165) is 0 Å². The Labute approximate surface area is 160 Å². The van der Waals surface area contributed by atoms with E-state index < -0.39 is 18.3 Å². The van der Waals surface area contributed by atoms with Crippen molar-refractivity contribution in [3.05, 3.63) is 72.8 Å². The van der Waals surface area contributed by atoms with Gasteiger partial charge in [-0.2, -0.15) is 0 Å². The molecule has 0 aliphatic heterocycles. The molecule has 0 spiro atoms. The molecule has 0 heterocycles. The van der Waals surface area contributed by atoms with Crippen molar-refractivity contribution in [1.82, 2.24) is 0 Å². The first-order valence-corrected chi connectivity index (χ1v) is 8.35. The molecular weight excluding hydrogens is 362 g/mol. The molecule has 7 heteroatoms. The largest absolute Gasteiger partial charge is 0.504 e. The number of phenolic OH excluding ortho intramolecular Hbond substituents is 1. The van der Waals surface area contributed by atoms with E-state index >= 15 is 0 Å². The van der Waals surface area contributed by atoms with E-state index in [9.17, 15) is 14.7 Å². The summed E-state index contributed by atoms with van der Waals surface area (Å²) in [5.74, 6) is -0.0509. The molecule has 0 saturated carbocycles. The predicted octanol–water partition coefficient (Wildman–Crippen LogP) is 4.39. The van der Waals surface area contributed by atoms with Crippen LogP contribution in [-0.4, -0.2) is 22.1 Å². The molecule has 0 bridgehead atoms. The Morgan fingerprint density at radius 3 is 2.14 bits per heavy atom. The number of hydrogen-bond acceptors (Lipinski definition) is 5. The molecule has 0 atom stereocenters. The first-order chi connectivity index (χ1) is 13.5. The second-order valence-electron chi connectivity index (χ2n) is 5.79. The normalized spacial score (nSPS) is 10.1. The van der Waals surface area contributed by atoms with Gasteiger partial charge in [0, 0.05) is 11.8 Å². The summed E-state index contributed by atoms with van der Waals surface area (Å²) in [4.78, 5) is 22.0. The molecule has 3 N–H and O–H groups in total. The molecule has 0 radical (unpaired) electrons. The number of aliphatic carboxylic acids is 1. The van der Waals surface area contributed by atoms with Gasteiger partial charge in [-0.15, -0.1) is 0 Å². The highest BCUT2D eigenvalue weighted by atomic mass is 16.5. The lowest BCUT2D eigenvalue weighted by atomic mass is 10.2. The molecule has 3 aromatic carbocycles. The molecule has 28 heavy (non-hydrogen) atoms. The summed E-state index contributed by atoms with van der Waals surface area (Å²) in [5.41, 5.74) is 0.456. The number of carbonyl (C=O) groups is 2. The Morgan fingerprint density at radius 1 is 0.821 bits per heavy atom. The monoisotopic (exact) mass is 379 g/mol. The number of carboxylic acid groups (broad SMARTS) is 1. The number of para-hydroxylation sites is 1. The van der Waals surface area contributed by atoms with Gasteiger partial charge in [0.05, 0.1) is 0 Å². The summed E-state index contributed by atoms with van der Waals surface area (Å²) in [5, 5.41) is 21.1. The number of amides is 1. The molecule has 3 rings (SSSR count). The van der Waals surface area contributed by atoms with Gasteiger partial charge in [-0.3, -0.25) is 9.59 Å². The molecule has 0 unspecified atom stereocenters. The van der Waals surface area contributed by atoms with Crippen LogP contribution in [0.1, 0.15) is 6.42 Å². The number of benzene rings is 3. The molecule has 0 aliphatic carbocycles. The first kappa shape index (κ1) is 18.8. The SMILES string of the molecule is O=C(O)CC(=O)Nc1ccc(Oc2ccc(O)c(Oc3ccccc3)c2)cc1. The summed E-state index contributed by atoms with van der Waals surface area (Å²) in [7, 11) is 0. The molecule has 0 saturated heterocycles. The average Bonchev–Trinajstić information content (AvgIpc) is 2.66. The summed E-state index contributed by atoms with van der Waals surface area (Å²) < 4.78 is 11.4. The molecule has 0 fully saturated rings. The van der Waals surface area contributed by atoms with Gasteiger partial charge in [0.15, 0.2) is 11.5 Å². The van der Waals surface area contributed by atoms with Gasteiger partial charge in [-0.25, -0.2) is 0 Å². The van der Waals surface area contributed by atoms with Crippen molar-refractivity contribution in [2.24, 2.45) is 0 Å². The van der Waals surface area contributed by atoms with Crippen molar-refractivity contribution >= 4 is 17.6 Å². The van der Waals surface area contributed by atoms with E-state index in [2.05, 4.69) is 5.32 Å². The molecule has 142 valence electrons. The number of anilines is 1. The third kappa shape index (κ3) is 5.25. The van der Waals surface area contributed by atoms with Crippen LogP contribution in [0.4, 0.5) is 5.69 Å². The fourth-order valence-corrected chi connectivity index (χ4v) is 2.34. The third-order valence-corrected chi connectivity index (χ3v) is 3.59. The number of carbonyl (C=O) groups excluding carboxylic acids is 1. The van der Waals surface area contributed by atoms with E-state index in [1.807, 2.05) is 18.2 Å². The predicted molar refractivity (Wildman–Crippen MR) is 102 cm³/mol. The topological polar surface area (TPSA) is 105 Å². The van der Waals surface area contributed by atoms with Gasteiger partial charge in [0.25, 0.3) is 0 Å². The maximum absolute atomic E-state index is 11.5. The van der Waals surface area contributed by atoms with Crippen LogP contribution in [0.15, 0.2) is 72.8 Å². The quantitative estimate of drug-likeness (QED) is 0.526. The highest BCUT2D eigenvalue weighted by Crippen LogP contribution is 2.35. The van der Waals surface area contributed by atoms with Crippen molar-refractivity contribution < 1.29 is 29.3 Å². The fourth-order valence-electron chi connectivity index (χ4n) is 2.34. The lowest BCUT2D eigenvalue weighted by molar-refractivity contribution is -0.139. The van der Waals surface area contributed by atoms with Crippen LogP contribution >= 0.6 is 0 Å². The Morgan fingerprint density at radius 2 is 1.46 bits per heavy atom. The summed E-state index contributed by atoms with van der Waals surface area (Å²) in [6.45, 7) is 0. The molecule has 0 aromatic heterocycles. The fraction of sp³-hybridized carbons (Fsp3) is 0.0476. The van der Waals surface area contributed by atoms with Gasteiger partial charge in [0.2, 0.25) is 5.91 Å². The number of carboxylic acids is 1. The highest BCUT2D eigenvalue weighted by Gasteiger charge is 2.09. The van der Waals surface area contributed by atoms with E-state index in [4.69, 9.17) is 14.6 Å². The zero-order valence-corrected chi connectivity index (χ0v) is 14.7. The van der Waals surface area contributed by atoms with Crippen LogP contribution in [-0.2, 0) is 9.59 Å². The van der Waals surface area contributed by atoms with Crippen LogP contribution in [0.3, 0.4) is 0 Å². The number of hydrogen-bond donors (Lipinski definition) is 3. The number of rotatable bonds is 7. The zero-order valence-electron chi connectivity index (χ0n) is 14.7.